The summed E-state index contributed by atoms with van der Waals surface area (Å²) < 4.78 is 43.0. The number of piperidine rings is 1. The van der Waals surface area contributed by atoms with Crippen LogP contribution in [0.1, 0.15) is 29.5 Å². The number of carbonyl (C=O) groups is 2. The van der Waals surface area contributed by atoms with E-state index in [9.17, 15) is 22.5 Å². The van der Waals surface area contributed by atoms with Crippen LogP contribution in [0, 0.1) is 6.92 Å². The molecule has 37 heavy (non-hydrogen) atoms. The van der Waals surface area contributed by atoms with Gasteiger partial charge in [0.1, 0.15) is 11.4 Å². The van der Waals surface area contributed by atoms with Crippen LogP contribution >= 0.6 is 11.9 Å². The van der Waals surface area contributed by atoms with Crippen molar-refractivity contribution in [1.82, 2.24) is 14.3 Å². The summed E-state index contributed by atoms with van der Waals surface area (Å²) in [6, 6.07) is 11.8. The van der Waals surface area contributed by atoms with Crippen LogP contribution < -0.4 is 20.7 Å². The number of aryl methyl sites for hydroxylation is 2. The number of hydrogen-bond donors (Lipinski definition) is 3. The van der Waals surface area contributed by atoms with E-state index >= 15 is 0 Å². The highest BCUT2D eigenvalue weighted by atomic mass is 32.2. The molecule has 198 valence electrons. The van der Waals surface area contributed by atoms with Gasteiger partial charge in [-0.15, -0.1) is 0 Å². The molecule has 0 radical (unpaired) electrons. The molecule has 4 N–H and O–H groups in total. The molecular weight excluding hydrogens is 521 g/mol. The van der Waals surface area contributed by atoms with Crippen molar-refractivity contribution in [2.24, 2.45) is 10.7 Å². The number of amidine groups is 1. The first-order valence-electron chi connectivity index (χ1n) is 11.7. The van der Waals surface area contributed by atoms with Crippen molar-refractivity contribution in [3.63, 3.8) is 0 Å². The van der Waals surface area contributed by atoms with Gasteiger partial charge in [0.15, 0.2) is 5.75 Å². The van der Waals surface area contributed by atoms with Crippen molar-refractivity contribution >= 4 is 39.6 Å². The second kappa shape index (κ2) is 11.2. The monoisotopic (exact) mass is 549 g/mol. The van der Waals surface area contributed by atoms with E-state index < -0.39 is 21.5 Å². The quantitative estimate of drug-likeness (QED) is 0.382. The molecule has 2 aromatic rings. The van der Waals surface area contributed by atoms with Crippen LogP contribution in [0.5, 0.6) is 5.75 Å². The highest BCUT2D eigenvalue weighted by Crippen LogP contribution is 2.32. The summed E-state index contributed by atoms with van der Waals surface area (Å²) >= 11 is 1.28. The summed E-state index contributed by atoms with van der Waals surface area (Å²) in [5.41, 5.74) is 6.45. The average Bonchev–Trinajstić information content (AvgIpc) is 3.19. The van der Waals surface area contributed by atoms with E-state index in [2.05, 4.69) is 20.0 Å². The summed E-state index contributed by atoms with van der Waals surface area (Å²) in [5.74, 6) is -0.468. The fraction of sp³-hybridized carbons (Fsp3) is 0.375. The van der Waals surface area contributed by atoms with Gasteiger partial charge in [-0.3, -0.25) is 24.2 Å². The molecule has 0 bridgehead atoms. The van der Waals surface area contributed by atoms with E-state index in [-0.39, 0.29) is 49.9 Å². The molecule has 0 aliphatic carbocycles. The molecule has 1 saturated heterocycles. The molecule has 13 heteroatoms. The van der Waals surface area contributed by atoms with E-state index in [0.717, 1.165) is 16.0 Å². The molecule has 2 heterocycles. The van der Waals surface area contributed by atoms with E-state index in [1.807, 2.05) is 25.1 Å². The maximum absolute atomic E-state index is 13.1. The predicted molar refractivity (Wildman–Crippen MR) is 138 cm³/mol. The fourth-order valence-corrected chi connectivity index (χ4v) is 6.62. The molecule has 2 amide bonds. The number of sulfonamides is 1. The minimum absolute atomic E-state index is 0.000284. The first kappa shape index (κ1) is 27.0. The molecule has 4 rings (SSSR count). The average molecular weight is 550 g/mol. The lowest BCUT2D eigenvalue weighted by Crippen LogP contribution is -2.50. The Hall–Kier alpha value is -3.00. The molecule has 1 fully saturated rings. The standard InChI is InChI=1S/C24H28FN5O5S2/c1-16-13-20(36-27-15-21(26)31)6-5-17(16)7-12-37(33,34)30-10-8-24(9-11-30)23(32)28-22(29-24)18-3-2-4-19(14-18)35-25/h2-6,13-14,27H,7-12,15H2,1H3,(H2,26,31)(H,28,29,32). The van der Waals surface area contributed by atoms with Gasteiger partial charge in [-0.1, -0.05) is 18.2 Å². The molecule has 2 aliphatic heterocycles. The first-order chi connectivity index (χ1) is 17.6. The van der Waals surface area contributed by atoms with E-state index in [4.69, 9.17) is 5.73 Å². The number of hydrogen-bond acceptors (Lipinski definition) is 8. The highest BCUT2D eigenvalue weighted by Gasteiger charge is 2.47. The van der Waals surface area contributed by atoms with Gasteiger partial charge >= 0.3 is 0 Å². The van der Waals surface area contributed by atoms with Crippen molar-refractivity contribution < 1.29 is 27.5 Å². The van der Waals surface area contributed by atoms with Crippen LogP contribution in [0.3, 0.4) is 0 Å². The van der Waals surface area contributed by atoms with E-state index in [1.54, 1.807) is 12.1 Å². The molecule has 2 aromatic carbocycles. The van der Waals surface area contributed by atoms with Gasteiger partial charge in [-0.05, 0) is 73.5 Å². The Kier molecular flexibility index (Phi) is 8.17. The largest absolute Gasteiger partial charge is 0.369 e. The van der Waals surface area contributed by atoms with Crippen LogP contribution in [0.25, 0.3) is 0 Å². The minimum atomic E-state index is -3.54. The summed E-state index contributed by atoms with van der Waals surface area (Å²) in [6.45, 7) is 2.32. The third-order valence-electron chi connectivity index (χ3n) is 6.50. The fourth-order valence-electron chi connectivity index (χ4n) is 4.39. The summed E-state index contributed by atoms with van der Waals surface area (Å²) in [7, 11) is -3.54. The lowest BCUT2D eigenvalue weighted by Gasteiger charge is -2.34. The van der Waals surface area contributed by atoms with Crippen LogP contribution in [0.2, 0.25) is 0 Å². The number of rotatable bonds is 10. The Morgan fingerprint density at radius 1 is 1.27 bits per heavy atom. The van der Waals surface area contributed by atoms with Gasteiger partial charge in [-0.25, -0.2) is 12.7 Å². The minimum Gasteiger partial charge on any atom is -0.369 e. The van der Waals surface area contributed by atoms with E-state index in [1.165, 1.54) is 28.4 Å². The lowest BCUT2D eigenvalue weighted by molar-refractivity contribution is -0.125. The molecule has 1 spiro atoms. The lowest BCUT2D eigenvalue weighted by atomic mass is 9.89. The van der Waals surface area contributed by atoms with Gasteiger partial charge in [0.05, 0.1) is 12.3 Å². The third kappa shape index (κ3) is 6.29. The number of nitrogens with two attached hydrogens (primary N) is 1. The SMILES string of the molecule is Cc1cc(SNCC(N)=O)ccc1CCS(=O)(=O)N1CCC2(CC1)N=C(c1cccc(OF)c1)NC2=O. The Labute approximate surface area is 218 Å². The number of nitrogens with one attached hydrogen (secondary N) is 2. The van der Waals surface area contributed by atoms with Crippen molar-refractivity contribution in [1.29, 1.82) is 0 Å². The maximum Gasteiger partial charge on any atom is 0.253 e. The number of primary amides is 1. The number of aliphatic imine (C=N–C) groups is 1. The number of benzene rings is 2. The summed E-state index contributed by atoms with van der Waals surface area (Å²) in [6.07, 6.45) is 0.861. The van der Waals surface area contributed by atoms with Crippen molar-refractivity contribution in [2.45, 2.75) is 36.6 Å². The van der Waals surface area contributed by atoms with E-state index in [0.29, 0.717) is 17.8 Å². The van der Waals surface area contributed by atoms with Crippen molar-refractivity contribution in [2.75, 3.05) is 25.4 Å². The van der Waals surface area contributed by atoms with Gasteiger partial charge in [0.2, 0.25) is 15.9 Å². The maximum atomic E-state index is 13.1. The Balaban J connectivity index is 1.35. The smallest absolute Gasteiger partial charge is 0.253 e. The molecular formula is C24H28FN5O5S2. The van der Waals surface area contributed by atoms with Crippen LogP contribution in [0.4, 0.5) is 4.53 Å². The summed E-state index contributed by atoms with van der Waals surface area (Å²) in [5, 5.41) is 2.75. The zero-order valence-electron chi connectivity index (χ0n) is 20.2. The van der Waals surface area contributed by atoms with Gasteiger partial charge < -0.3 is 11.1 Å². The van der Waals surface area contributed by atoms with Crippen LogP contribution in [-0.4, -0.2) is 61.3 Å². The number of halogens is 1. The zero-order chi connectivity index (χ0) is 26.6. The Bertz CT molecular complexity index is 1330. The van der Waals surface area contributed by atoms with Crippen molar-refractivity contribution in [3.8, 4) is 5.75 Å². The van der Waals surface area contributed by atoms with Crippen LogP contribution in [0.15, 0.2) is 52.4 Å². The Morgan fingerprint density at radius 3 is 2.70 bits per heavy atom. The number of nitrogens with zero attached hydrogens (tertiary/aromatic N) is 2. The topological polar surface area (TPSA) is 143 Å². The normalized spacial score (nSPS) is 17.5. The second-order valence-corrected chi connectivity index (χ2v) is 12.0. The molecule has 0 unspecified atom stereocenters. The molecule has 0 saturated carbocycles. The van der Waals surface area contributed by atoms with Crippen LogP contribution in [-0.2, 0) is 26.0 Å². The van der Waals surface area contributed by atoms with Gasteiger partial charge in [0, 0.05) is 28.1 Å². The first-order valence-corrected chi connectivity index (χ1v) is 14.1. The highest BCUT2D eigenvalue weighted by molar-refractivity contribution is 7.97. The number of amides is 2. The van der Waals surface area contributed by atoms with Gasteiger partial charge in [0.25, 0.3) is 5.91 Å². The molecule has 10 nitrogen and oxygen atoms in total. The molecule has 0 atom stereocenters. The Morgan fingerprint density at radius 2 is 2.03 bits per heavy atom. The van der Waals surface area contributed by atoms with Gasteiger partial charge in [-0.2, -0.15) is 0 Å². The molecule has 0 aromatic heterocycles. The summed E-state index contributed by atoms with van der Waals surface area (Å²) in [4.78, 5) is 32.9. The third-order valence-corrected chi connectivity index (χ3v) is 9.15. The molecule has 2 aliphatic rings. The van der Waals surface area contributed by atoms with Crippen molar-refractivity contribution in [3.05, 3.63) is 59.2 Å². The number of carbonyl (C=O) groups excluding carboxylic acids is 2. The zero-order valence-corrected chi connectivity index (χ0v) is 21.8. The predicted octanol–water partition coefficient (Wildman–Crippen LogP) is 1.62. The second-order valence-electron chi connectivity index (χ2n) is 8.99.